The molecule has 0 aliphatic rings. The molecule has 1 N–H and O–H groups in total. The summed E-state index contributed by atoms with van der Waals surface area (Å²) in [7, 11) is 1.36. The van der Waals surface area contributed by atoms with Crippen molar-refractivity contribution in [2.24, 2.45) is 0 Å². The van der Waals surface area contributed by atoms with E-state index in [1.165, 1.54) is 50.4 Å². The minimum Gasteiger partial charge on any atom is -0.496 e. The third-order valence-electron chi connectivity index (χ3n) is 3.46. The van der Waals surface area contributed by atoms with Gasteiger partial charge in [0.2, 0.25) is 0 Å². The normalized spacial score (nSPS) is 11.4. The number of hydrogen-bond acceptors (Lipinski definition) is 6. The fourth-order valence-electron chi connectivity index (χ4n) is 2.06. The van der Waals surface area contributed by atoms with Crippen LogP contribution in [0, 0.1) is 10.1 Å². The lowest BCUT2D eigenvalue weighted by atomic mass is 10.2. The molecule has 2 aromatic carbocycles. The van der Waals surface area contributed by atoms with Crippen molar-refractivity contribution in [3.63, 3.8) is 0 Å². The van der Waals surface area contributed by atoms with Crippen LogP contribution in [0.3, 0.4) is 0 Å². The summed E-state index contributed by atoms with van der Waals surface area (Å²) < 4.78 is 9.99. The van der Waals surface area contributed by atoms with Gasteiger partial charge in [0.15, 0.2) is 6.10 Å². The molecule has 2 aromatic rings. The number of nitrogens with one attached hydrogen (secondary N) is 1. The number of hydrogen-bond donors (Lipinski definition) is 1. The second kappa shape index (κ2) is 8.70. The smallest absolute Gasteiger partial charge is 0.340 e. The zero-order valence-corrected chi connectivity index (χ0v) is 15.7. The predicted octanol–water partition coefficient (Wildman–Crippen LogP) is 4.09. The van der Waals surface area contributed by atoms with Crippen molar-refractivity contribution in [1.82, 2.24) is 0 Å². The molecule has 0 saturated carbocycles. The zero-order valence-electron chi connectivity index (χ0n) is 14.2. The Labute approximate surface area is 164 Å². The number of anilines is 1. The van der Waals surface area contributed by atoms with Gasteiger partial charge in [0.25, 0.3) is 11.6 Å². The van der Waals surface area contributed by atoms with Gasteiger partial charge in [0.05, 0.1) is 28.7 Å². The van der Waals surface area contributed by atoms with Crippen LogP contribution >= 0.6 is 23.2 Å². The van der Waals surface area contributed by atoms with Gasteiger partial charge in [-0.15, -0.1) is 0 Å². The molecule has 0 saturated heterocycles. The van der Waals surface area contributed by atoms with Crippen molar-refractivity contribution < 1.29 is 24.0 Å². The van der Waals surface area contributed by atoms with Crippen LogP contribution in [-0.2, 0) is 9.53 Å². The molecule has 0 radical (unpaired) electrons. The molecule has 1 amide bonds. The predicted molar refractivity (Wildman–Crippen MR) is 99.6 cm³/mol. The number of esters is 1. The van der Waals surface area contributed by atoms with E-state index in [4.69, 9.17) is 32.7 Å². The molecule has 8 nitrogen and oxygen atoms in total. The standard InChI is InChI=1S/C17H14Cl2N2O6/c1-9(27-17(23)12-5-3-10(18)7-13(12)19)16(22)20-14-6-4-11(26-2)8-15(14)21(24)25/h3-9H,1-2H3,(H,20,22)/t9-/m0/s1. The number of benzene rings is 2. The maximum Gasteiger partial charge on any atom is 0.340 e. The molecule has 0 bridgehead atoms. The lowest BCUT2D eigenvalue weighted by Crippen LogP contribution is -2.30. The number of nitro groups is 1. The first-order chi connectivity index (χ1) is 12.7. The quantitative estimate of drug-likeness (QED) is 0.434. The molecule has 0 heterocycles. The first kappa shape index (κ1) is 20.5. The van der Waals surface area contributed by atoms with Crippen molar-refractivity contribution in [2.75, 3.05) is 12.4 Å². The molecule has 0 unspecified atom stereocenters. The Bertz CT molecular complexity index is 903. The number of rotatable bonds is 6. The number of nitro benzene ring substituents is 1. The number of methoxy groups -OCH3 is 1. The topological polar surface area (TPSA) is 108 Å². The lowest BCUT2D eigenvalue weighted by Gasteiger charge is -2.14. The molecule has 0 aliphatic heterocycles. The molecule has 27 heavy (non-hydrogen) atoms. The van der Waals surface area contributed by atoms with E-state index in [1.807, 2.05) is 0 Å². The lowest BCUT2D eigenvalue weighted by molar-refractivity contribution is -0.384. The van der Waals surface area contributed by atoms with Crippen LogP contribution in [0.25, 0.3) is 0 Å². The van der Waals surface area contributed by atoms with Crippen LogP contribution in [0.4, 0.5) is 11.4 Å². The summed E-state index contributed by atoms with van der Waals surface area (Å²) in [6, 6.07) is 8.12. The summed E-state index contributed by atoms with van der Waals surface area (Å²) in [5.41, 5.74) is -0.378. The number of amides is 1. The minimum atomic E-state index is -1.23. The van der Waals surface area contributed by atoms with Crippen molar-refractivity contribution in [1.29, 1.82) is 0 Å². The molecule has 0 aliphatic carbocycles. The Balaban J connectivity index is 2.12. The van der Waals surface area contributed by atoms with E-state index in [-0.39, 0.29) is 27.7 Å². The van der Waals surface area contributed by atoms with Crippen LogP contribution in [0.1, 0.15) is 17.3 Å². The Morgan fingerprint density at radius 3 is 2.48 bits per heavy atom. The van der Waals surface area contributed by atoms with Gasteiger partial charge in [0, 0.05) is 5.02 Å². The third kappa shape index (κ3) is 5.08. The van der Waals surface area contributed by atoms with Gasteiger partial charge in [-0.2, -0.15) is 0 Å². The SMILES string of the molecule is COc1ccc(NC(=O)[C@H](C)OC(=O)c2ccc(Cl)cc2Cl)c([N+](=O)[O-])c1. The van der Waals surface area contributed by atoms with E-state index in [1.54, 1.807) is 0 Å². The molecule has 0 fully saturated rings. The average molecular weight is 413 g/mol. The summed E-state index contributed by atoms with van der Waals surface area (Å²) in [6.45, 7) is 1.33. The number of carbonyl (C=O) groups is 2. The van der Waals surface area contributed by atoms with E-state index >= 15 is 0 Å². The highest BCUT2D eigenvalue weighted by atomic mass is 35.5. The second-order valence-electron chi connectivity index (χ2n) is 5.30. The minimum absolute atomic E-state index is 0.0381. The molecular weight excluding hydrogens is 399 g/mol. The molecule has 142 valence electrons. The summed E-state index contributed by atoms with van der Waals surface area (Å²) >= 11 is 11.7. The number of carbonyl (C=O) groups excluding carboxylic acids is 2. The zero-order chi connectivity index (χ0) is 20.1. The summed E-state index contributed by atoms with van der Waals surface area (Å²) in [5, 5.41) is 13.9. The molecule has 10 heteroatoms. The Hall–Kier alpha value is -2.84. The van der Waals surface area contributed by atoms with Gasteiger partial charge in [-0.05, 0) is 37.3 Å². The van der Waals surface area contributed by atoms with E-state index in [0.29, 0.717) is 5.02 Å². The Kier molecular flexibility index (Phi) is 6.59. The molecule has 2 rings (SSSR count). The van der Waals surface area contributed by atoms with Gasteiger partial charge >= 0.3 is 5.97 Å². The van der Waals surface area contributed by atoms with Gasteiger partial charge in [-0.1, -0.05) is 23.2 Å². The summed E-state index contributed by atoms with van der Waals surface area (Å²) in [5.74, 6) is -1.32. The second-order valence-corrected chi connectivity index (χ2v) is 6.14. The molecular formula is C17H14Cl2N2O6. The first-order valence-electron chi connectivity index (χ1n) is 7.52. The monoisotopic (exact) mass is 412 g/mol. The van der Waals surface area contributed by atoms with Crippen LogP contribution in [0.5, 0.6) is 5.75 Å². The van der Waals surface area contributed by atoms with E-state index in [9.17, 15) is 19.7 Å². The van der Waals surface area contributed by atoms with Gasteiger partial charge in [-0.3, -0.25) is 14.9 Å². The first-order valence-corrected chi connectivity index (χ1v) is 8.28. The number of nitrogens with zero attached hydrogens (tertiary/aromatic N) is 1. The van der Waals surface area contributed by atoms with Crippen molar-refractivity contribution in [3.05, 3.63) is 62.1 Å². The Morgan fingerprint density at radius 2 is 1.89 bits per heavy atom. The maximum absolute atomic E-state index is 12.3. The number of ether oxygens (including phenoxy) is 2. The third-order valence-corrected chi connectivity index (χ3v) is 4.01. The van der Waals surface area contributed by atoms with E-state index < -0.39 is 22.9 Å². The van der Waals surface area contributed by atoms with Crippen LogP contribution in [0.15, 0.2) is 36.4 Å². The van der Waals surface area contributed by atoms with Crippen molar-refractivity contribution >= 4 is 46.5 Å². The summed E-state index contributed by atoms with van der Waals surface area (Å²) in [6.07, 6.45) is -1.23. The largest absolute Gasteiger partial charge is 0.496 e. The molecule has 0 aromatic heterocycles. The maximum atomic E-state index is 12.3. The van der Waals surface area contributed by atoms with Gasteiger partial charge in [-0.25, -0.2) is 4.79 Å². The van der Waals surface area contributed by atoms with Crippen LogP contribution in [0.2, 0.25) is 10.0 Å². The van der Waals surface area contributed by atoms with Crippen molar-refractivity contribution in [2.45, 2.75) is 13.0 Å². The van der Waals surface area contributed by atoms with Crippen molar-refractivity contribution in [3.8, 4) is 5.75 Å². The fourth-order valence-corrected chi connectivity index (χ4v) is 2.55. The van der Waals surface area contributed by atoms with Gasteiger partial charge < -0.3 is 14.8 Å². The fraction of sp³-hybridized carbons (Fsp3) is 0.176. The molecule has 1 atom stereocenters. The van der Waals surface area contributed by atoms with Crippen LogP contribution in [-0.4, -0.2) is 30.0 Å². The van der Waals surface area contributed by atoms with Crippen LogP contribution < -0.4 is 10.1 Å². The van der Waals surface area contributed by atoms with E-state index in [0.717, 1.165) is 0 Å². The van der Waals surface area contributed by atoms with Gasteiger partial charge in [0.1, 0.15) is 11.4 Å². The highest BCUT2D eigenvalue weighted by Crippen LogP contribution is 2.29. The highest BCUT2D eigenvalue weighted by Gasteiger charge is 2.24. The van der Waals surface area contributed by atoms with E-state index in [2.05, 4.69) is 5.32 Å². The summed E-state index contributed by atoms with van der Waals surface area (Å²) in [4.78, 5) is 34.9. The highest BCUT2D eigenvalue weighted by molar-refractivity contribution is 6.36. The average Bonchev–Trinajstić information content (AvgIpc) is 2.61. The Morgan fingerprint density at radius 1 is 1.19 bits per heavy atom. The number of halogens is 2. The molecule has 0 spiro atoms.